The van der Waals surface area contributed by atoms with Crippen molar-refractivity contribution in [2.24, 2.45) is 0 Å². The summed E-state index contributed by atoms with van der Waals surface area (Å²) in [4.78, 5) is 42.7. The van der Waals surface area contributed by atoms with Crippen LogP contribution in [0.3, 0.4) is 0 Å². The maximum atomic E-state index is 13.1. The SMILES string of the molecule is Cc1ccc([N+](=O)[O-])cc1NC(=O)COC(=O)c1c2c(nc3ccccc13)CCN(C)C2. The molecule has 1 N–H and O–H groups in total. The van der Waals surface area contributed by atoms with Crippen LogP contribution in [0.25, 0.3) is 10.9 Å². The minimum atomic E-state index is -0.596. The zero-order valence-electron chi connectivity index (χ0n) is 17.8. The summed E-state index contributed by atoms with van der Waals surface area (Å²) in [6.45, 7) is 2.62. The van der Waals surface area contributed by atoms with Crippen molar-refractivity contribution >= 4 is 34.2 Å². The van der Waals surface area contributed by atoms with Gasteiger partial charge in [-0.15, -0.1) is 0 Å². The van der Waals surface area contributed by atoms with Gasteiger partial charge in [0.1, 0.15) is 0 Å². The zero-order valence-corrected chi connectivity index (χ0v) is 17.8. The molecule has 4 rings (SSSR count). The molecule has 0 bridgehead atoms. The van der Waals surface area contributed by atoms with Gasteiger partial charge in [0, 0.05) is 48.3 Å². The molecule has 0 radical (unpaired) electrons. The number of ether oxygens (including phenoxy) is 1. The Labute approximate surface area is 184 Å². The normalized spacial score (nSPS) is 13.4. The first-order chi connectivity index (χ1) is 15.3. The van der Waals surface area contributed by atoms with Crippen molar-refractivity contribution in [1.82, 2.24) is 9.88 Å². The Morgan fingerprint density at radius 1 is 1.25 bits per heavy atom. The van der Waals surface area contributed by atoms with E-state index in [0.717, 1.165) is 24.2 Å². The molecule has 0 atom stereocenters. The Morgan fingerprint density at radius 2 is 2.03 bits per heavy atom. The molecule has 32 heavy (non-hydrogen) atoms. The van der Waals surface area contributed by atoms with E-state index in [1.807, 2.05) is 31.3 Å². The highest BCUT2D eigenvalue weighted by Crippen LogP contribution is 2.28. The first-order valence-electron chi connectivity index (χ1n) is 10.1. The lowest BCUT2D eigenvalue weighted by Crippen LogP contribution is -2.30. The number of hydrogen-bond acceptors (Lipinski definition) is 7. The van der Waals surface area contributed by atoms with E-state index in [4.69, 9.17) is 9.72 Å². The minimum absolute atomic E-state index is 0.137. The number of nitrogens with zero attached hydrogens (tertiary/aromatic N) is 3. The molecule has 2 aromatic carbocycles. The fourth-order valence-corrected chi connectivity index (χ4v) is 3.81. The lowest BCUT2D eigenvalue weighted by Gasteiger charge is -2.26. The second-order valence-electron chi connectivity index (χ2n) is 7.80. The summed E-state index contributed by atoms with van der Waals surface area (Å²) in [6, 6.07) is 11.5. The highest BCUT2D eigenvalue weighted by Gasteiger charge is 2.26. The fourth-order valence-electron chi connectivity index (χ4n) is 3.81. The quantitative estimate of drug-likeness (QED) is 0.372. The first-order valence-corrected chi connectivity index (χ1v) is 10.1. The highest BCUT2D eigenvalue weighted by atomic mass is 16.6. The molecule has 9 heteroatoms. The topological polar surface area (TPSA) is 115 Å². The van der Waals surface area contributed by atoms with Crippen LogP contribution in [0.5, 0.6) is 0 Å². The number of amides is 1. The lowest BCUT2D eigenvalue weighted by molar-refractivity contribution is -0.384. The number of rotatable bonds is 5. The van der Waals surface area contributed by atoms with E-state index in [1.165, 1.54) is 12.1 Å². The molecule has 1 amide bonds. The lowest BCUT2D eigenvalue weighted by atomic mass is 9.96. The van der Waals surface area contributed by atoms with Crippen LogP contribution in [0.1, 0.15) is 27.2 Å². The molecule has 0 unspecified atom stereocenters. The second kappa shape index (κ2) is 8.72. The third kappa shape index (κ3) is 4.28. The number of fused-ring (bicyclic) bond motifs is 2. The smallest absolute Gasteiger partial charge is 0.339 e. The van der Waals surface area contributed by atoms with Crippen molar-refractivity contribution in [3.8, 4) is 0 Å². The average molecular weight is 434 g/mol. The number of nitro groups is 1. The van der Waals surface area contributed by atoms with E-state index >= 15 is 0 Å². The number of nitrogens with one attached hydrogen (secondary N) is 1. The number of pyridine rings is 1. The van der Waals surface area contributed by atoms with Gasteiger partial charge in [0.15, 0.2) is 6.61 Å². The van der Waals surface area contributed by atoms with Crippen LogP contribution in [-0.2, 0) is 22.5 Å². The Balaban J connectivity index is 1.55. The van der Waals surface area contributed by atoms with Crippen LogP contribution in [0.15, 0.2) is 42.5 Å². The van der Waals surface area contributed by atoms with Crippen molar-refractivity contribution in [2.45, 2.75) is 19.9 Å². The van der Waals surface area contributed by atoms with Crippen molar-refractivity contribution < 1.29 is 19.2 Å². The summed E-state index contributed by atoms with van der Waals surface area (Å²) in [6.07, 6.45) is 0.726. The average Bonchev–Trinajstić information content (AvgIpc) is 2.77. The highest BCUT2D eigenvalue weighted by molar-refractivity contribution is 6.06. The van der Waals surface area contributed by atoms with E-state index in [0.29, 0.717) is 34.3 Å². The van der Waals surface area contributed by atoms with Crippen LogP contribution in [0.2, 0.25) is 0 Å². The molecule has 1 aromatic heterocycles. The number of aromatic nitrogens is 1. The number of likely N-dealkylation sites (N-methyl/N-ethyl adjacent to an activating group) is 1. The van der Waals surface area contributed by atoms with Crippen molar-refractivity contribution in [1.29, 1.82) is 0 Å². The van der Waals surface area contributed by atoms with Crippen LogP contribution in [-0.4, -0.2) is 46.9 Å². The van der Waals surface area contributed by atoms with Crippen LogP contribution in [0, 0.1) is 17.0 Å². The largest absolute Gasteiger partial charge is 0.452 e. The molecule has 0 fully saturated rings. The van der Waals surface area contributed by atoms with Gasteiger partial charge < -0.3 is 15.0 Å². The van der Waals surface area contributed by atoms with Crippen molar-refractivity contribution in [3.63, 3.8) is 0 Å². The number of benzene rings is 2. The van der Waals surface area contributed by atoms with E-state index in [2.05, 4.69) is 10.2 Å². The third-order valence-corrected chi connectivity index (χ3v) is 5.48. The van der Waals surface area contributed by atoms with Crippen molar-refractivity contribution in [2.75, 3.05) is 25.5 Å². The van der Waals surface area contributed by atoms with Crippen molar-refractivity contribution in [3.05, 3.63) is 75.0 Å². The van der Waals surface area contributed by atoms with Gasteiger partial charge in [-0.25, -0.2) is 4.79 Å². The number of esters is 1. The summed E-state index contributed by atoms with van der Waals surface area (Å²) >= 11 is 0. The summed E-state index contributed by atoms with van der Waals surface area (Å²) in [5.74, 6) is -1.17. The number of nitro benzene ring substituents is 1. The molecular weight excluding hydrogens is 412 g/mol. The maximum Gasteiger partial charge on any atom is 0.339 e. The van der Waals surface area contributed by atoms with Gasteiger partial charge in [-0.1, -0.05) is 24.3 Å². The van der Waals surface area contributed by atoms with E-state index < -0.39 is 23.4 Å². The molecule has 164 valence electrons. The molecule has 2 heterocycles. The molecule has 1 aliphatic heterocycles. The fraction of sp³-hybridized carbons (Fsp3) is 0.261. The standard InChI is InChI=1S/C23H22N4O5/c1-14-7-8-15(27(30)31)11-20(14)25-21(28)13-32-23(29)22-16-5-3-4-6-18(16)24-19-9-10-26(2)12-17(19)22/h3-8,11H,9-10,12-13H2,1-2H3,(H,25,28). The monoisotopic (exact) mass is 434 g/mol. The third-order valence-electron chi connectivity index (χ3n) is 5.48. The Hall–Kier alpha value is -3.85. The Kier molecular flexibility index (Phi) is 5.83. The predicted molar refractivity (Wildman–Crippen MR) is 119 cm³/mol. The number of non-ortho nitro benzene ring substituents is 1. The first kappa shape index (κ1) is 21.4. The van der Waals surface area contributed by atoms with Gasteiger partial charge in [-0.05, 0) is 25.6 Å². The van der Waals surface area contributed by atoms with Gasteiger partial charge in [-0.2, -0.15) is 0 Å². The molecule has 0 aliphatic carbocycles. The summed E-state index contributed by atoms with van der Waals surface area (Å²) < 4.78 is 5.36. The number of para-hydroxylation sites is 1. The minimum Gasteiger partial charge on any atom is -0.452 e. The molecule has 1 aliphatic rings. The van der Waals surface area contributed by atoms with Gasteiger partial charge in [0.25, 0.3) is 11.6 Å². The molecule has 0 spiro atoms. The van der Waals surface area contributed by atoms with E-state index in [9.17, 15) is 19.7 Å². The number of anilines is 1. The van der Waals surface area contributed by atoms with Gasteiger partial charge >= 0.3 is 5.97 Å². The number of carbonyl (C=O) groups is 2. The predicted octanol–water partition coefficient (Wildman–Crippen LogP) is 3.23. The number of aryl methyl sites for hydroxylation is 1. The molecule has 0 saturated carbocycles. The zero-order chi connectivity index (χ0) is 22.8. The van der Waals surface area contributed by atoms with E-state index in [1.54, 1.807) is 13.0 Å². The van der Waals surface area contributed by atoms with Crippen LogP contribution in [0.4, 0.5) is 11.4 Å². The number of carbonyl (C=O) groups excluding carboxylic acids is 2. The maximum absolute atomic E-state index is 13.1. The molecule has 3 aromatic rings. The number of hydrogen-bond donors (Lipinski definition) is 1. The Bertz CT molecular complexity index is 1240. The van der Waals surface area contributed by atoms with Gasteiger partial charge in [-0.3, -0.25) is 19.9 Å². The van der Waals surface area contributed by atoms with Crippen LogP contribution < -0.4 is 5.32 Å². The van der Waals surface area contributed by atoms with E-state index in [-0.39, 0.29) is 5.69 Å². The molecule has 9 nitrogen and oxygen atoms in total. The summed E-state index contributed by atoms with van der Waals surface area (Å²) in [5.41, 5.74) is 3.64. The van der Waals surface area contributed by atoms with Crippen LogP contribution >= 0.6 is 0 Å². The second-order valence-corrected chi connectivity index (χ2v) is 7.80. The van der Waals surface area contributed by atoms with Gasteiger partial charge in [0.2, 0.25) is 0 Å². The molecular formula is C23H22N4O5. The Morgan fingerprint density at radius 3 is 2.81 bits per heavy atom. The summed E-state index contributed by atoms with van der Waals surface area (Å²) in [5, 5.41) is 14.2. The molecule has 0 saturated heterocycles. The summed E-state index contributed by atoms with van der Waals surface area (Å²) in [7, 11) is 1.97. The van der Waals surface area contributed by atoms with Gasteiger partial charge in [0.05, 0.1) is 21.7 Å².